The Labute approximate surface area is 203 Å². The molecule has 6 atom stereocenters. The highest BCUT2D eigenvalue weighted by molar-refractivity contribution is 5.65. The molecule has 0 amide bonds. The molecule has 0 saturated carbocycles. The summed E-state index contributed by atoms with van der Waals surface area (Å²) in [6.45, 7) is 2.12. The molecule has 0 bridgehead atoms. The molecule has 182 valence electrons. The van der Waals surface area contributed by atoms with Crippen molar-refractivity contribution in [3.63, 3.8) is 0 Å². The Morgan fingerprint density at radius 3 is 2.43 bits per heavy atom. The van der Waals surface area contributed by atoms with Gasteiger partial charge in [-0.25, -0.2) is 4.98 Å². The van der Waals surface area contributed by atoms with E-state index in [-0.39, 0.29) is 31.5 Å². The van der Waals surface area contributed by atoms with Crippen molar-refractivity contribution in [2.75, 3.05) is 19.8 Å². The Balaban J connectivity index is 1.23. The number of hydrogen-bond acceptors (Lipinski definition) is 7. The highest BCUT2D eigenvalue weighted by Gasteiger charge is 2.48. The summed E-state index contributed by atoms with van der Waals surface area (Å²) >= 11 is 0. The van der Waals surface area contributed by atoms with Crippen LogP contribution in [0.5, 0.6) is 5.75 Å². The maximum atomic E-state index is 9.87. The minimum Gasteiger partial charge on any atom is -0.485 e. The monoisotopic (exact) mass is 476 g/mol. The molecule has 8 nitrogen and oxygen atoms in total. The van der Waals surface area contributed by atoms with Crippen molar-refractivity contribution in [3.05, 3.63) is 72.3 Å². The lowest BCUT2D eigenvalue weighted by molar-refractivity contribution is 0.00863. The standard InChI is InChI=1S/C27H28N2O6/c1-17(31)27-28-12-13-29(27)21(14-30)9-4-18-2-5-19(6-3-18)20-7-10-22(11-8-20)35-24-16-34-25-23(32)15-33-26(24)25/h2-3,5-8,10-13,17,21,23-26,30-32H,14-16H2,1H3. The van der Waals surface area contributed by atoms with E-state index < -0.39 is 18.2 Å². The molecule has 2 aliphatic heterocycles. The fourth-order valence-corrected chi connectivity index (χ4v) is 4.47. The summed E-state index contributed by atoms with van der Waals surface area (Å²) in [6, 6.07) is 15.2. The summed E-state index contributed by atoms with van der Waals surface area (Å²) in [4.78, 5) is 4.14. The fraction of sp³-hybridized carbons (Fsp3) is 0.370. The van der Waals surface area contributed by atoms with Gasteiger partial charge < -0.3 is 34.1 Å². The number of aromatic nitrogens is 2. The predicted molar refractivity (Wildman–Crippen MR) is 128 cm³/mol. The van der Waals surface area contributed by atoms with E-state index in [0.29, 0.717) is 12.4 Å². The van der Waals surface area contributed by atoms with Gasteiger partial charge >= 0.3 is 0 Å². The van der Waals surface area contributed by atoms with Crippen molar-refractivity contribution in [2.24, 2.45) is 0 Å². The van der Waals surface area contributed by atoms with Crippen LogP contribution in [0.1, 0.15) is 30.5 Å². The summed E-state index contributed by atoms with van der Waals surface area (Å²) < 4.78 is 19.0. The number of aliphatic hydroxyl groups excluding tert-OH is 3. The van der Waals surface area contributed by atoms with Crippen molar-refractivity contribution in [3.8, 4) is 28.7 Å². The number of rotatable bonds is 6. The van der Waals surface area contributed by atoms with Crippen molar-refractivity contribution >= 4 is 0 Å². The molecule has 2 saturated heterocycles. The smallest absolute Gasteiger partial charge is 0.151 e. The van der Waals surface area contributed by atoms with E-state index in [1.54, 1.807) is 23.9 Å². The van der Waals surface area contributed by atoms with Crippen molar-refractivity contribution in [1.29, 1.82) is 0 Å². The van der Waals surface area contributed by atoms with Crippen LogP contribution >= 0.6 is 0 Å². The van der Waals surface area contributed by atoms with Gasteiger partial charge in [-0.3, -0.25) is 0 Å². The number of nitrogens with zero attached hydrogens (tertiary/aromatic N) is 2. The largest absolute Gasteiger partial charge is 0.485 e. The van der Waals surface area contributed by atoms with Gasteiger partial charge in [0.05, 0.1) is 19.8 Å². The zero-order chi connectivity index (χ0) is 24.4. The van der Waals surface area contributed by atoms with E-state index in [9.17, 15) is 15.3 Å². The molecule has 2 aliphatic rings. The van der Waals surface area contributed by atoms with Crippen molar-refractivity contribution in [1.82, 2.24) is 9.55 Å². The summed E-state index contributed by atoms with van der Waals surface area (Å²) in [5.41, 5.74) is 2.90. The molecule has 0 radical (unpaired) electrons. The van der Waals surface area contributed by atoms with E-state index in [1.165, 1.54) is 0 Å². The van der Waals surface area contributed by atoms with Gasteiger partial charge in [-0.2, -0.15) is 0 Å². The number of imidazole rings is 1. The molecule has 5 rings (SSSR count). The molecular formula is C27H28N2O6. The van der Waals surface area contributed by atoms with E-state index in [1.807, 2.05) is 48.5 Å². The lowest BCUT2D eigenvalue weighted by Gasteiger charge is -2.18. The van der Waals surface area contributed by atoms with E-state index in [0.717, 1.165) is 22.4 Å². The summed E-state index contributed by atoms with van der Waals surface area (Å²) in [7, 11) is 0. The third kappa shape index (κ3) is 4.96. The zero-order valence-electron chi connectivity index (χ0n) is 19.3. The molecule has 0 spiro atoms. The maximum absolute atomic E-state index is 9.87. The second-order valence-corrected chi connectivity index (χ2v) is 8.76. The van der Waals surface area contributed by atoms with Gasteiger partial charge in [0.25, 0.3) is 0 Å². The molecule has 2 aromatic carbocycles. The lowest BCUT2D eigenvalue weighted by atomic mass is 10.0. The summed E-state index contributed by atoms with van der Waals surface area (Å²) in [5, 5.41) is 29.5. The first-order chi connectivity index (χ1) is 17.0. The Kier molecular flexibility index (Phi) is 6.86. The molecule has 35 heavy (non-hydrogen) atoms. The topological polar surface area (TPSA) is 106 Å². The second kappa shape index (κ2) is 10.2. The number of benzene rings is 2. The van der Waals surface area contributed by atoms with Crippen LogP contribution in [-0.2, 0) is 9.47 Å². The van der Waals surface area contributed by atoms with Crippen LogP contribution in [-0.4, -0.2) is 69.1 Å². The first kappa shape index (κ1) is 23.5. The Hall–Kier alpha value is -3.19. The average Bonchev–Trinajstić information content (AvgIpc) is 3.60. The molecule has 2 fully saturated rings. The maximum Gasteiger partial charge on any atom is 0.151 e. The van der Waals surface area contributed by atoms with Crippen LogP contribution in [0, 0.1) is 11.8 Å². The highest BCUT2D eigenvalue weighted by Crippen LogP contribution is 2.31. The number of hydrogen-bond donors (Lipinski definition) is 3. The molecule has 8 heteroatoms. The zero-order valence-corrected chi connectivity index (χ0v) is 19.3. The van der Waals surface area contributed by atoms with Crippen LogP contribution < -0.4 is 4.74 Å². The van der Waals surface area contributed by atoms with Crippen LogP contribution in [0.15, 0.2) is 60.9 Å². The van der Waals surface area contributed by atoms with Crippen LogP contribution in [0.4, 0.5) is 0 Å². The molecule has 3 heterocycles. The van der Waals surface area contributed by atoms with Crippen LogP contribution in [0.2, 0.25) is 0 Å². The number of aliphatic hydroxyl groups is 3. The van der Waals surface area contributed by atoms with E-state index in [4.69, 9.17) is 14.2 Å². The second-order valence-electron chi connectivity index (χ2n) is 8.76. The minimum atomic E-state index is -0.746. The van der Waals surface area contributed by atoms with E-state index >= 15 is 0 Å². The SMILES string of the molecule is CC(O)c1nccn1C(C#Cc1ccc(-c2ccc(OC3COC4C(O)COC34)cc2)cc1)CO. The van der Waals surface area contributed by atoms with Crippen molar-refractivity contribution in [2.45, 2.75) is 43.5 Å². The Morgan fingerprint density at radius 2 is 1.74 bits per heavy atom. The van der Waals surface area contributed by atoms with E-state index in [2.05, 4.69) is 16.8 Å². The Morgan fingerprint density at radius 1 is 1.06 bits per heavy atom. The molecule has 3 aromatic rings. The van der Waals surface area contributed by atoms with Crippen LogP contribution in [0.25, 0.3) is 11.1 Å². The average molecular weight is 477 g/mol. The molecule has 3 N–H and O–H groups in total. The number of ether oxygens (including phenoxy) is 3. The third-order valence-corrected chi connectivity index (χ3v) is 6.31. The van der Waals surface area contributed by atoms with Crippen molar-refractivity contribution < 1.29 is 29.5 Å². The van der Waals surface area contributed by atoms with Gasteiger partial charge in [0.1, 0.15) is 42.0 Å². The van der Waals surface area contributed by atoms with Gasteiger partial charge in [-0.1, -0.05) is 36.1 Å². The summed E-state index contributed by atoms with van der Waals surface area (Å²) in [6.07, 6.45) is 1.17. The minimum absolute atomic E-state index is 0.184. The molecular weight excluding hydrogens is 448 g/mol. The summed E-state index contributed by atoms with van der Waals surface area (Å²) in [5.74, 6) is 7.35. The van der Waals surface area contributed by atoms with Gasteiger partial charge in [0, 0.05) is 18.0 Å². The first-order valence-electron chi connectivity index (χ1n) is 11.6. The van der Waals surface area contributed by atoms with Gasteiger partial charge in [-0.15, -0.1) is 0 Å². The molecule has 0 aliphatic carbocycles. The predicted octanol–water partition coefficient (Wildman–Crippen LogP) is 2.09. The quantitative estimate of drug-likeness (QED) is 0.468. The molecule has 1 aromatic heterocycles. The fourth-order valence-electron chi connectivity index (χ4n) is 4.47. The first-order valence-corrected chi connectivity index (χ1v) is 11.6. The van der Waals surface area contributed by atoms with Gasteiger partial charge in [0.2, 0.25) is 0 Å². The number of fused-ring (bicyclic) bond motifs is 1. The molecule has 6 unspecified atom stereocenters. The lowest BCUT2D eigenvalue weighted by Crippen LogP contribution is -2.34. The Bertz CT molecular complexity index is 1190. The van der Waals surface area contributed by atoms with Gasteiger partial charge in [-0.05, 0) is 42.3 Å². The van der Waals surface area contributed by atoms with Gasteiger partial charge in [0.15, 0.2) is 6.10 Å². The van der Waals surface area contributed by atoms with Crippen LogP contribution in [0.3, 0.4) is 0 Å². The normalized spacial score (nSPS) is 24.9. The highest BCUT2D eigenvalue weighted by atomic mass is 16.6. The third-order valence-electron chi connectivity index (χ3n) is 6.31.